The third-order valence-electron chi connectivity index (χ3n) is 2.31. The quantitative estimate of drug-likeness (QED) is 0.636. The molecule has 0 spiro atoms. The van der Waals surface area contributed by atoms with Gasteiger partial charge in [-0.25, -0.2) is 4.79 Å². The first-order chi connectivity index (χ1) is 9.50. The number of benzene rings is 2. The molecule has 0 aromatic heterocycles. The van der Waals surface area contributed by atoms with Crippen LogP contribution in [-0.2, 0) is 0 Å². The number of para-hydroxylation sites is 2. The van der Waals surface area contributed by atoms with E-state index in [1.807, 2.05) is 19.1 Å². The topological polar surface area (TPSA) is 66.8 Å². The van der Waals surface area contributed by atoms with Crippen molar-refractivity contribution in [3.05, 3.63) is 66.7 Å². The lowest BCUT2D eigenvalue weighted by Gasteiger charge is -2.00. The summed E-state index contributed by atoms with van der Waals surface area (Å²) in [6.45, 7) is 5.60. The van der Waals surface area contributed by atoms with Gasteiger partial charge in [-0.3, -0.25) is 0 Å². The molecule has 104 valence electrons. The van der Waals surface area contributed by atoms with E-state index in [2.05, 4.69) is 11.3 Å². The van der Waals surface area contributed by atoms with Crippen molar-refractivity contribution < 1.29 is 19.7 Å². The van der Waals surface area contributed by atoms with E-state index in [4.69, 9.17) is 5.11 Å². The lowest BCUT2D eigenvalue weighted by Crippen LogP contribution is -2.02. The Kier molecular flexibility index (Phi) is 5.84. The van der Waals surface area contributed by atoms with Gasteiger partial charge in [-0.1, -0.05) is 43.0 Å². The molecule has 0 radical (unpaired) electrons. The van der Waals surface area contributed by atoms with Gasteiger partial charge in [0.25, 0.3) is 0 Å². The molecule has 20 heavy (non-hydrogen) atoms. The Morgan fingerprint density at radius 1 is 1.05 bits per heavy atom. The third kappa shape index (κ3) is 5.27. The molecule has 0 atom stereocenters. The van der Waals surface area contributed by atoms with Crippen LogP contribution >= 0.6 is 0 Å². The summed E-state index contributed by atoms with van der Waals surface area (Å²) in [6.07, 6.45) is -1.29. The highest BCUT2D eigenvalue weighted by molar-refractivity contribution is 5.66. The van der Waals surface area contributed by atoms with Crippen LogP contribution in [-0.4, -0.2) is 16.4 Å². The minimum atomic E-state index is -1.29. The van der Waals surface area contributed by atoms with Crippen LogP contribution < -0.4 is 4.74 Å². The first-order valence-electron chi connectivity index (χ1n) is 5.90. The summed E-state index contributed by atoms with van der Waals surface area (Å²) in [5.41, 5.74) is 1.71. The number of carbonyl (C=O) groups is 1. The second-order valence-corrected chi connectivity index (χ2v) is 3.98. The van der Waals surface area contributed by atoms with Gasteiger partial charge < -0.3 is 14.9 Å². The number of carboxylic acid groups (broad SMARTS) is 1. The first kappa shape index (κ1) is 15.3. The molecule has 2 aromatic carbocycles. The maximum absolute atomic E-state index is 9.95. The van der Waals surface area contributed by atoms with Gasteiger partial charge in [-0.15, -0.1) is 0 Å². The largest absolute Gasteiger partial charge is 0.511 e. The van der Waals surface area contributed by atoms with Gasteiger partial charge in [-0.2, -0.15) is 0 Å². The zero-order chi connectivity index (χ0) is 15.0. The summed E-state index contributed by atoms with van der Waals surface area (Å²) in [5, 5.41) is 17.4. The Morgan fingerprint density at radius 2 is 1.60 bits per heavy atom. The van der Waals surface area contributed by atoms with Crippen LogP contribution in [0, 0.1) is 0 Å². The maximum atomic E-state index is 9.95. The highest BCUT2D eigenvalue weighted by Crippen LogP contribution is 2.21. The van der Waals surface area contributed by atoms with Crippen molar-refractivity contribution in [1.29, 1.82) is 0 Å². The van der Waals surface area contributed by atoms with E-state index in [9.17, 15) is 9.90 Å². The monoisotopic (exact) mass is 272 g/mol. The van der Waals surface area contributed by atoms with Crippen molar-refractivity contribution in [2.75, 3.05) is 0 Å². The summed E-state index contributed by atoms with van der Waals surface area (Å²) >= 11 is 0. The molecule has 0 saturated carbocycles. The fraction of sp³-hybridized carbons (Fsp3) is 0.0625. The van der Waals surface area contributed by atoms with Crippen molar-refractivity contribution in [2.24, 2.45) is 0 Å². The Hall–Kier alpha value is -2.75. The molecule has 0 fully saturated rings. The molecule has 0 amide bonds. The van der Waals surface area contributed by atoms with Crippen molar-refractivity contribution >= 4 is 11.7 Å². The van der Waals surface area contributed by atoms with E-state index < -0.39 is 6.16 Å². The Labute approximate surface area is 117 Å². The number of hydrogen-bond donors (Lipinski definition) is 2. The number of aromatic hydroxyl groups is 1. The highest BCUT2D eigenvalue weighted by atomic mass is 16.7. The average molecular weight is 272 g/mol. The summed E-state index contributed by atoms with van der Waals surface area (Å²) in [7, 11) is 0. The van der Waals surface area contributed by atoms with Gasteiger partial charge in [0.05, 0.1) is 0 Å². The molecule has 2 N–H and O–H groups in total. The van der Waals surface area contributed by atoms with Crippen molar-refractivity contribution in [2.45, 2.75) is 6.92 Å². The number of phenolic OH excluding ortho intramolecular Hbond substituents is 1. The number of rotatable bonds is 2. The fourth-order valence-electron chi connectivity index (χ4n) is 1.42. The highest BCUT2D eigenvalue weighted by Gasteiger charge is 1.97. The van der Waals surface area contributed by atoms with E-state index in [-0.39, 0.29) is 0 Å². The van der Waals surface area contributed by atoms with Gasteiger partial charge in [-0.05, 0) is 30.7 Å². The van der Waals surface area contributed by atoms with Crippen molar-refractivity contribution in [3.8, 4) is 11.5 Å². The van der Waals surface area contributed by atoms with Crippen LogP contribution in [0.1, 0.15) is 12.5 Å². The van der Waals surface area contributed by atoms with Gasteiger partial charge in [0.2, 0.25) is 0 Å². The lowest BCUT2D eigenvalue weighted by atomic mass is 10.1. The predicted octanol–water partition coefficient (Wildman–Crippen LogP) is 4.17. The van der Waals surface area contributed by atoms with E-state index in [0.717, 1.165) is 11.1 Å². The van der Waals surface area contributed by atoms with Gasteiger partial charge in [0.15, 0.2) is 0 Å². The predicted molar refractivity (Wildman–Crippen MR) is 77.9 cm³/mol. The molecule has 2 rings (SSSR count). The lowest BCUT2D eigenvalue weighted by molar-refractivity contribution is 0.144. The molecule has 0 heterocycles. The molecular formula is C16H16O4. The first-order valence-corrected chi connectivity index (χ1v) is 5.90. The molecule has 4 heteroatoms. The van der Waals surface area contributed by atoms with E-state index >= 15 is 0 Å². The van der Waals surface area contributed by atoms with E-state index in [1.54, 1.807) is 42.5 Å². The molecule has 0 aliphatic heterocycles. The van der Waals surface area contributed by atoms with Gasteiger partial charge >= 0.3 is 6.16 Å². The summed E-state index contributed by atoms with van der Waals surface area (Å²) in [6, 6.07) is 15.5. The van der Waals surface area contributed by atoms with Gasteiger partial charge in [0, 0.05) is 5.56 Å². The molecule has 0 aliphatic rings. The van der Waals surface area contributed by atoms with E-state index in [0.29, 0.717) is 11.5 Å². The Bertz CT molecular complexity index is 576. The molecule has 2 aromatic rings. The minimum Gasteiger partial charge on any atom is -0.507 e. The van der Waals surface area contributed by atoms with Gasteiger partial charge in [0.1, 0.15) is 11.5 Å². The smallest absolute Gasteiger partial charge is 0.507 e. The van der Waals surface area contributed by atoms with Crippen LogP contribution in [0.5, 0.6) is 11.5 Å². The molecule has 0 saturated heterocycles. The standard InChI is InChI=1S/C9H10O.C7H6O3/c1-7(2)8-5-3-4-6-9(8)10;8-7(9)10-6-4-2-1-3-5-6/h3-6,10H,1H2,2H3;1-5H,(H,8,9). The van der Waals surface area contributed by atoms with Crippen molar-refractivity contribution in [3.63, 3.8) is 0 Å². The molecule has 0 unspecified atom stereocenters. The van der Waals surface area contributed by atoms with Crippen molar-refractivity contribution in [1.82, 2.24) is 0 Å². The van der Waals surface area contributed by atoms with Crippen LogP contribution in [0.2, 0.25) is 0 Å². The Morgan fingerprint density at radius 3 is 2.05 bits per heavy atom. The fourth-order valence-corrected chi connectivity index (χ4v) is 1.42. The SMILES string of the molecule is C=C(C)c1ccccc1O.O=C(O)Oc1ccccc1. The number of allylic oxidation sites excluding steroid dienone is 1. The zero-order valence-electron chi connectivity index (χ0n) is 11.1. The summed E-state index contributed by atoms with van der Waals surface area (Å²) < 4.78 is 4.33. The molecule has 0 bridgehead atoms. The normalized spacial score (nSPS) is 9.05. The molecular weight excluding hydrogens is 256 g/mol. The molecule has 4 nitrogen and oxygen atoms in total. The van der Waals surface area contributed by atoms with Crippen LogP contribution in [0.15, 0.2) is 61.2 Å². The van der Waals surface area contributed by atoms with Crippen LogP contribution in [0.4, 0.5) is 4.79 Å². The summed E-state index contributed by atoms with van der Waals surface area (Å²) in [5.74, 6) is 0.644. The second-order valence-electron chi connectivity index (χ2n) is 3.98. The minimum absolute atomic E-state index is 0.301. The molecule has 0 aliphatic carbocycles. The Balaban J connectivity index is 0.000000200. The third-order valence-corrected chi connectivity index (χ3v) is 2.31. The maximum Gasteiger partial charge on any atom is 0.511 e. The number of ether oxygens (including phenoxy) is 1. The number of hydrogen-bond acceptors (Lipinski definition) is 3. The number of phenols is 1. The zero-order valence-corrected chi connectivity index (χ0v) is 11.1. The van der Waals surface area contributed by atoms with Crippen LogP contribution in [0.25, 0.3) is 5.57 Å². The van der Waals surface area contributed by atoms with E-state index in [1.165, 1.54) is 0 Å². The van der Waals surface area contributed by atoms with Crippen LogP contribution in [0.3, 0.4) is 0 Å². The average Bonchev–Trinajstić information content (AvgIpc) is 2.40. The second kappa shape index (κ2) is 7.63. The summed E-state index contributed by atoms with van der Waals surface area (Å²) in [4.78, 5) is 9.95.